The molecule has 0 aromatic heterocycles. The predicted octanol–water partition coefficient (Wildman–Crippen LogP) is 2.22. The molecule has 0 radical (unpaired) electrons. The van der Waals surface area contributed by atoms with E-state index in [1.807, 2.05) is 0 Å². The van der Waals surface area contributed by atoms with E-state index in [0.717, 1.165) is 5.56 Å². The van der Waals surface area contributed by atoms with Crippen LogP contribution in [0.2, 0.25) is 0 Å². The minimum Gasteiger partial charge on any atom is -0.478 e. The van der Waals surface area contributed by atoms with Gasteiger partial charge >= 0.3 is 5.97 Å². The number of carboxylic acid groups (broad SMARTS) is 1. The van der Waals surface area contributed by atoms with Crippen molar-refractivity contribution in [3.05, 3.63) is 59.2 Å². The number of hydrogen-bond donors (Lipinski definition) is 2. The lowest BCUT2D eigenvalue weighted by Gasteiger charge is -2.10. The fraction of sp³-hybridized carbons (Fsp3) is 0.125. The Bertz CT molecular complexity index is 770. The number of amides is 1. The van der Waals surface area contributed by atoms with Crippen molar-refractivity contribution in [1.82, 2.24) is 5.32 Å². The number of rotatable bonds is 4. The maximum absolute atomic E-state index is 12.8. The van der Waals surface area contributed by atoms with Crippen LogP contribution in [0.1, 0.15) is 26.3 Å². The highest BCUT2D eigenvalue weighted by molar-refractivity contribution is 7.85. The first kappa shape index (κ1) is 15.9. The van der Waals surface area contributed by atoms with Crippen LogP contribution in [0.25, 0.3) is 0 Å². The van der Waals surface area contributed by atoms with E-state index in [1.165, 1.54) is 19.2 Å². The smallest absolute Gasteiger partial charge is 0.336 e. The van der Waals surface area contributed by atoms with Crippen LogP contribution in [0.15, 0.2) is 52.3 Å². The fourth-order valence-corrected chi connectivity index (χ4v) is 3.38. The summed E-state index contributed by atoms with van der Waals surface area (Å²) >= 11 is 0. The second-order valence-corrected chi connectivity index (χ2v) is 6.07. The summed E-state index contributed by atoms with van der Waals surface area (Å²) in [6, 6.07) is 11.1. The van der Waals surface area contributed by atoms with Crippen LogP contribution in [-0.4, -0.2) is 28.2 Å². The lowest BCUT2D eigenvalue weighted by atomic mass is 10.1. The van der Waals surface area contributed by atoms with Crippen LogP contribution in [0, 0.1) is 6.92 Å². The Morgan fingerprint density at radius 1 is 1.05 bits per heavy atom. The Morgan fingerprint density at radius 2 is 1.68 bits per heavy atom. The number of hydrogen-bond acceptors (Lipinski definition) is 3. The first-order valence-corrected chi connectivity index (χ1v) is 7.67. The molecule has 0 spiro atoms. The Hall–Kier alpha value is -2.47. The van der Waals surface area contributed by atoms with Gasteiger partial charge in [0.15, 0.2) is 0 Å². The molecule has 6 heteroatoms. The highest BCUT2D eigenvalue weighted by atomic mass is 32.2. The van der Waals surface area contributed by atoms with Gasteiger partial charge in [-0.25, -0.2) is 9.00 Å². The predicted molar refractivity (Wildman–Crippen MR) is 82.6 cm³/mol. The minimum atomic E-state index is -1.76. The molecule has 2 rings (SSSR count). The van der Waals surface area contributed by atoms with Crippen LogP contribution >= 0.6 is 0 Å². The van der Waals surface area contributed by atoms with Gasteiger partial charge in [-0.1, -0.05) is 23.8 Å². The third-order valence-electron chi connectivity index (χ3n) is 3.12. The highest BCUT2D eigenvalue weighted by Gasteiger charge is 2.21. The molecule has 0 aliphatic rings. The second kappa shape index (κ2) is 6.53. The van der Waals surface area contributed by atoms with E-state index in [2.05, 4.69) is 5.32 Å². The quantitative estimate of drug-likeness (QED) is 0.905. The van der Waals surface area contributed by atoms with E-state index < -0.39 is 16.8 Å². The molecule has 0 bridgehead atoms. The van der Waals surface area contributed by atoms with Crippen molar-refractivity contribution in [2.45, 2.75) is 16.7 Å². The Labute approximate surface area is 130 Å². The maximum atomic E-state index is 12.8. The first-order valence-electron chi connectivity index (χ1n) is 6.52. The molecule has 5 nitrogen and oxygen atoms in total. The van der Waals surface area contributed by atoms with Gasteiger partial charge in [-0.3, -0.25) is 4.79 Å². The number of carboxylic acids is 1. The van der Waals surface area contributed by atoms with Gasteiger partial charge in [0.25, 0.3) is 5.91 Å². The number of aromatic carboxylic acids is 1. The molecule has 1 amide bonds. The van der Waals surface area contributed by atoms with E-state index in [1.54, 1.807) is 37.3 Å². The Balaban J connectivity index is 2.59. The van der Waals surface area contributed by atoms with Gasteiger partial charge in [-0.15, -0.1) is 0 Å². The average molecular weight is 317 g/mol. The molecular formula is C16H15NO4S. The zero-order valence-electron chi connectivity index (χ0n) is 12.1. The maximum Gasteiger partial charge on any atom is 0.336 e. The van der Waals surface area contributed by atoms with Crippen molar-refractivity contribution in [3.8, 4) is 0 Å². The molecule has 0 heterocycles. The van der Waals surface area contributed by atoms with Crippen LogP contribution < -0.4 is 5.32 Å². The van der Waals surface area contributed by atoms with Crippen LogP contribution in [0.4, 0.5) is 0 Å². The Morgan fingerprint density at radius 3 is 2.32 bits per heavy atom. The van der Waals surface area contributed by atoms with Gasteiger partial charge in [0.1, 0.15) is 0 Å². The lowest BCUT2D eigenvalue weighted by Crippen LogP contribution is -2.20. The lowest BCUT2D eigenvalue weighted by molar-refractivity contribution is 0.0692. The number of aryl methyl sites for hydroxylation is 1. The van der Waals surface area contributed by atoms with Crippen molar-refractivity contribution in [2.24, 2.45) is 0 Å². The summed E-state index contributed by atoms with van der Waals surface area (Å²) in [4.78, 5) is 23.7. The van der Waals surface area contributed by atoms with Crippen LogP contribution in [0.3, 0.4) is 0 Å². The average Bonchev–Trinajstić information content (AvgIpc) is 2.53. The standard InChI is InChI=1S/C16H15NO4S/c1-10-7-8-14(12(9-10)16(19)20)22(21)13-6-4-3-5-11(13)15(18)17-2/h3-9H,1-2H3,(H,17,18)(H,19,20). The van der Waals surface area contributed by atoms with E-state index >= 15 is 0 Å². The number of nitrogens with one attached hydrogen (secondary N) is 1. The topological polar surface area (TPSA) is 83.5 Å². The molecule has 2 aromatic carbocycles. The normalized spacial score (nSPS) is 11.7. The van der Waals surface area contributed by atoms with E-state index in [-0.39, 0.29) is 26.8 Å². The van der Waals surface area contributed by atoms with E-state index in [4.69, 9.17) is 0 Å². The van der Waals surface area contributed by atoms with Gasteiger partial charge in [0.2, 0.25) is 0 Å². The number of carbonyl (C=O) groups excluding carboxylic acids is 1. The highest BCUT2D eigenvalue weighted by Crippen LogP contribution is 2.24. The molecule has 0 aliphatic carbocycles. The summed E-state index contributed by atoms with van der Waals surface area (Å²) in [7, 11) is -0.280. The summed E-state index contributed by atoms with van der Waals surface area (Å²) in [5, 5.41) is 11.8. The monoisotopic (exact) mass is 317 g/mol. The number of benzene rings is 2. The molecule has 22 heavy (non-hydrogen) atoms. The van der Waals surface area contributed by atoms with Crippen molar-refractivity contribution in [2.75, 3.05) is 7.05 Å². The van der Waals surface area contributed by atoms with Gasteiger partial charge < -0.3 is 10.4 Å². The third kappa shape index (κ3) is 3.07. The van der Waals surface area contributed by atoms with Crippen LogP contribution in [0.5, 0.6) is 0 Å². The van der Waals surface area contributed by atoms with Crippen molar-refractivity contribution in [1.29, 1.82) is 0 Å². The SMILES string of the molecule is CNC(=O)c1ccccc1S(=O)c1ccc(C)cc1C(=O)O. The molecule has 2 N–H and O–H groups in total. The van der Waals surface area contributed by atoms with E-state index in [0.29, 0.717) is 0 Å². The zero-order chi connectivity index (χ0) is 16.3. The largest absolute Gasteiger partial charge is 0.478 e. The third-order valence-corrected chi connectivity index (χ3v) is 4.63. The molecular weight excluding hydrogens is 302 g/mol. The fourth-order valence-electron chi connectivity index (χ4n) is 2.04. The molecule has 1 unspecified atom stereocenters. The summed E-state index contributed by atoms with van der Waals surface area (Å²) in [5.41, 5.74) is 1.00. The molecule has 114 valence electrons. The minimum absolute atomic E-state index is 0.0231. The van der Waals surface area contributed by atoms with Crippen molar-refractivity contribution < 1.29 is 18.9 Å². The zero-order valence-corrected chi connectivity index (χ0v) is 12.9. The van der Waals surface area contributed by atoms with E-state index in [9.17, 15) is 18.9 Å². The first-order chi connectivity index (χ1) is 10.5. The number of carbonyl (C=O) groups is 2. The van der Waals surface area contributed by atoms with Crippen molar-refractivity contribution >= 4 is 22.7 Å². The van der Waals surface area contributed by atoms with Crippen LogP contribution in [-0.2, 0) is 10.8 Å². The van der Waals surface area contributed by atoms with Gasteiger partial charge in [-0.2, -0.15) is 0 Å². The van der Waals surface area contributed by atoms with Gasteiger partial charge in [0, 0.05) is 7.05 Å². The Kier molecular flexibility index (Phi) is 4.72. The molecule has 0 saturated carbocycles. The summed E-state index contributed by atoms with van der Waals surface area (Å²) in [6.45, 7) is 1.76. The summed E-state index contributed by atoms with van der Waals surface area (Å²) in [5.74, 6) is -1.52. The summed E-state index contributed by atoms with van der Waals surface area (Å²) < 4.78 is 12.8. The second-order valence-electron chi connectivity index (χ2n) is 4.65. The molecule has 2 aromatic rings. The molecule has 1 atom stereocenters. The van der Waals surface area contributed by atoms with Crippen molar-refractivity contribution in [3.63, 3.8) is 0 Å². The molecule has 0 fully saturated rings. The molecule has 0 aliphatic heterocycles. The van der Waals surface area contributed by atoms with Gasteiger partial charge in [-0.05, 0) is 31.2 Å². The summed E-state index contributed by atoms with van der Waals surface area (Å²) in [6.07, 6.45) is 0. The van der Waals surface area contributed by atoms with Gasteiger partial charge in [0.05, 0.1) is 31.7 Å². The molecule has 0 saturated heterocycles.